The molecule has 8 heteroatoms. The van der Waals surface area contributed by atoms with Crippen LogP contribution < -0.4 is 4.72 Å². The van der Waals surface area contributed by atoms with E-state index < -0.39 is 10.0 Å². The van der Waals surface area contributed by atoms with Crippen molar-refractivity contribution in [3.05, 3.63) is 58.9 Å². The van der Waals surface area contributed by atoms with Crippen LogP contribution in [0.2, 0.25) is 5.02 Å². The lowest BCUT2D eigenvalue weighted by molar-refractivity contribution is -0.128. The van der Waals surface area contributed by atoms with Gasteiger partial charge in [0, 0.05) is 31.0 Å². The van der Waals surface area contributed by atoms with Gasteiger partial charge in [-0.15, -0.1) is 0 Å². The minimum atomic E-state index is -3.76. The van der Waals surface area contributed by atoms with Crippen molar-refractivity contribution in [1.29, 1.82) is 0 Å². The van der Waals surface area contributed by atoms with Gasteiger partial charge in [-0.3, -0.25) is 9.78 Å². The summed E-state index contributed by atoms with van der Waals surface area (Å²) in [5.74, 6) is -0.302. The van der Waals surface area contributed by atoms with Crippen molar-refractivity contribution in [2.24, 2.45) is 0 Å². The number of hydrogen-bond acceptors (Lipinski definition) is 4. The third kappa shape index (κ3) is 5.52. The summed E-state index contributed by atoms with van der Waals surface area (Å²) in [6.45, 7) is 1.92. The molecule has 1 N–H and O–H groups in total. The number of benzene rings is 1. The molecule has 0 saturated heterocycles. The van der Waals surface area contributed by atoms with Crippen molar-refractivity contribution < 1.29 is 13.2 Å². The van der Waals surface area contributed by atoms with Crippen LogP contribution in [0.4, 0.5) is 0 Å². The van der Waals surface area contributed by atoms with E-state index in [1.165, 1.54) is 23.1 Å². The molecule has 0 atom stereocenters. The van der Waals surface area contributed by atoms with Gasteiger partial charge in [-0.1, -0.05) is 11.6 Å². The molecule has 0 aliphatic rings. The van der Waals surface area contributed by atoms with Crippen molar-refractivity contribution in [2.75, 3.05) is 20.1 Å². The van der Waals surface area contributed by atoms with Crippen molar-refractivity contribution in [2.45, 2.75) is 18.2 Å². The van der Waals surface area contributed by atoms with Crippen molar-refractivity contribution >= 4 is 27.5 Å². The molecule has 2 rings (SSSR count). The molecule has 0 aliphatic carbocycles. The summed E-state index contributed by atoms with van der Waals surface area (Å²) in [6, 6.07) is 8.17. The number of hydrogen-bond donors (Lipinski definition) is 1. The first-order valence-corrected chi connectivity index (χ1v) is 9.54. The Morgan fingerprint density at radius 1 is 1.24 bits per heavy atom. The van der Waals surface area contributed by atoms with E-state index in [-0.39, 0.29) is 17.3 Å². The molecule has 1 aromatic heterocycles. The van der Waals surface area contributed by atoms with Gasteiger partial charge in [0.25, 0.3) is 0 Å². The molecular formula is C17H20ClN3O3S. The normalized spacial score (nSPS) is 11.3. The predicted molar refractivity (Wildman–Crippen MR) is 97.0 cm³/mol. The molecule has 1 aromatic carbocycles. The van der Waals surface area contributed by atoms with Crippen LogP contribution in [0.25, 0.3) is 0 Å². The quantitative estimate of drug-likeness (QED) is 0.795. The summed E-state index contributed by atoms with van der Waals surface area (Å²) in [5.41, 5.74) is 1.72. The number of nitrogens with zero attached hydrogens (tertiary/aromatic N) is 2. The van der Waals surface area contributed by atoms with E-state index in [9.17, 15) is 13.2 Å². The topological polar surface area (TPSA) is 79.4 Å². The van der Waals surface area contributed by atoms with Crippen LogP contribution in [0.3, 0.4) is 0 Å². The molecule has 25 heavy (non-hydrogen) atoms. The molecule has 134 valence electrons. The smallest absolute Gasteiger partial charge is 0.241 e. The number of aromatic nitrogens is 1. The molecule has 0 spiro atoms. The summed E-state index contributed by atoms with van der Waals surface area (Å²) in [7, 11) is -2.12. The second-order valence-electron chi connectivity index (χ2n) is 5.66. The van der Waals surface area contributed by atoms with Gasteiger partial charge in [0.05, 0.1) is 11.4 Å². The SMILES string of the molecule is Cc1cc(S(=O)(=O)NCC(=O)N(C)CCc2ccncc2)ccc1Cl. The predicted octanol–water partition coefficient (Wildman–Crippen LogP) is 2.02. The molecule has 0 unspecified atom stereocenters. The maximum absolute atomic E-state index is 12.3. The average molecular weight is 382 g/mol. The highest BCUT2D eigenvalue weighted by Gasteiger charge is 2.18. The van der Waals surface area contributed by atoms with Crippen molar-refractivity contribution in [1.82, 2.24) is 14.6 Å². The molecule has 1 heterocycles. The van der Waals surface area contributed by atoms with Crippen LogP contribution >= 0.6 is 11.6 Å². The van der Waals surface area contributed by atoms with Crippen LogP contribution in [0.5, 0.6) is 0 Å². The molecule has 2 aromatic rings. The molecule has 1 amide bonds. The monoisotopic (exact) mass is 381 g/mol. The van der Waals surface area contributed by atoms with E-state index in [1.54, 1.807) is 26.4 Å². The molecule has 0 bridgehead atoms. The molecule has 0 aliphatic heterocycles. The number of carbonyl (C=O) groups is 1. The highest BCUT2D eigenvalue weighted by atomic mass is 35.5. The van der Waals surface area contributed by atoms with Crippen LogP contribution in [-0.4, -0.2) is 44.3 Å². The number of aryl methyl sites for hydroxylation is 1. The maximum Gasteiger partial charge on any atom is 0.241 e. The van der Waals surface area contributed by atoms with Crippen LogP contribution in [0, 0.1) is 6.92 Å². The van der Waals surface area contributed by atoms with Crippen molar-refractivity contribution in [3.8, 4) is 0 Å². The molecular weight excluding hydrogens is 362 g/mol. The summed E-state index contributed by atoms with van der Waals surface area (Å²) in [6.07, 6.45) is 4.06. The van der Waals surface area contributed by atoms with Gasteiger partial charge in [-0.05, 0) is 54.8 Å². The van der Waals surface area contributed by atoms with E-state index in [0.29, 0.717) is 23.6 Å². The molecule has 0 saturated carbocycles. The largest absolute Gasteiger partial charge is 0.344 e. The fourth-order valence-electron chi connectivity index (χ4n) is 2.13. The zero-order valence-corrected chi connectivity index (χ0v) is 15.6. The summed E-state index contributed by atoms with van der Waals surface area (Å²) in [5, 5.41) is 0.492. The minimum absolute atomic E-state index is 0.0849. The first-order valence-electron chi connectivity index (χ1n) is 7.68. The highest BCUT2D eigenvalue weighted by molar-refractivity contribution is 7.89. The second-order valence-corrected chi connectivity index (χ2v) is 7.83. The first-order chi connectivity index (χ1) is 11.8. The number of carbonyl (C=O) groups excluding carboxylic acids is 1. The summed E-state index contributed by atoms with van der Waals surface area (Å²) in [4.78, 5) is 17.6. The summed E-state index contributed by atoms with van der Waals surface area (Å²) < 4.78 is 26.9. The Hall–Kier alpha value is -1.96. The molecule has 0 radical (unpaired) electrons. The number of sulfonamides is 1. The lowest BCUT2D eigenvalue weighted by Crippen LogP contribution is -2.39. The first kappa shape index (κ1) is 19.4. The van der Waals surface area contributed by atoms with Crippen LogP contribution in [-0.2, 0) is 21.2 Å². The number of pyridine rings is 1. The Morgan fingerprint density at radius 3 is 2.56 bits per heavy atom. The fourth-order valence-corrected chi connectivity index (χ4v) is 3.31. The Kier molecular flexibility index (Phi) is 6.52. The minimum Gasteiger partial charge on any atom is -0.344 e. The third-order valence-electron chi connectivity index (χ3n) is 3.76. The van der Waals surface area contributed by atoms with Gasteiger partial charge in [0.2, 0.25) is 15.9 Å². The van der Waals surface area contributed by atoms with E-state index in [0.717, 1.165) is 5.56 Å². The van der Waals surface area contributed by atoms with E-state index in [4.69, 9.17) is 11.6 Å². The van der Waals surface area contributed by atoms with Crippen LogP contribution in [0.15, 0.2) is 47.6 Å². The van der Waals surface area contributed by atoms with E-state index in [2.05, 4.69) is 9.71 Å². The second kappa shape index (κ2) is 8.42. The molecule has 0 fully saturated rings. The zero-order chi connectivity index (χ0) is 18.4. The number of likely N-dealkylation sites (N-methyl/N-ethyl adjacent to an activating group) is 1. The average Bonchev–Trinajstić information content (AvgIpc) is 2.60. The Labute approximate surface area is 152 Å². The Bertz CT molecular complexity index is 841. The lowest BCUT2D eigenvalue weighted by Gasteiger charge is -2.17. The number of amides is 1. The van der Waals surface area contributed by atoms with Gasteiger partial charge < -0.3 is 4.90 Å². The number of rotatable bonds is 7. The van der Waals surface area contributed by atoms with Gasteiger partial charge in [0.15, 0.2) is 0 Å². The molecule has 6 nitrogen and oxygen atoms in total. The Balaban J connectivity index is 1.90. The number of nitrogens with one attached hydrogen (secondary N) is 1. The lowest BCUT2D eigenvalue weighted by atomic mass is 10.2. The maximum atomic E-state index is 12.3. The zero-order valence-electron chi connectivity index (χ0n) is 14.1. The highest BCUT2D eigenvalue weighted by Crippen LogP contribution is 2.19. The standard InChI is InChI=1S/C17H20ClN3O3S/c1-13-11-15(3-4-16(13)18)25(23,24)20-12-17(22)21(2)10-7-14-5-8-19-9-6-14/h3-6,8-9,11,20H,7,10,12H2,1-2H3. The van der Waals surface area contributed by atoms with E-state index in [1.807, 2.05) is 12.1 Å². The van der Waals surface area contributed by atoms with Gasteiger partial charge in [0.1, 0.15) is 0 Å². The van der Waals surface area contributed by atoms with Crippen LogP contribution in [0.1, 0.15) is 11.1 Å². The third-order valence-corrected chi connectivity index (χ3v) is 5.59. The Morgan fingerprint density at radius 2 is 1.92 bits per heavy atom. The number of halogens is 1. The van der Waals surface area contributed by atoms with Gasteiger partial charge in [-0.2, -0.15) is 0 Å². The summed E-state index contributed by atoms with van der Waals surface area (Å²) >= 11 is 5.91. The van der Waals surface area contributed by atoms with E-state index >= 15 is 0 Å². The fraction of sp³-hybridized carbons (Fsp3) is 0.294. The van der Waals surface area contributed by atoms with Gasteiger partial charge >= 0.3 is 0 Å². The van der Waals surface area contributed by atoms with Crippen molar-refractivity contribution in [3.63, 3.8) is 0 Å². The van der Waals surface area contributed by atoms with Gasteiger partial charge in [-0.25, -0.2) is 13.1 Å².